The number of ether oxygens (including phenoxy) is 1. The first-order valence-electron chi connectivity index (χ1n) is 5.54. The monoisotopic (exact) mass is 232 g/mol. The Labute approximate surface area is 99.4 Å². The molecule has 17 heavy (non-hydrogen) atoms. The third-order valence-electron chi connectivity index (χ3n) is 2.50. The maximum absolute atomic E-state index is 13.2. The average Bonchev–Trinajstić information content (AvgIpc) is 2.52. The molecule has 0 unspecified atom stereocenters. The van der Waals surface area contributed by atoms with E-state index in [1.54, 1.807) is 6.08 Å². The highest BCUT2D eigenvalue weighted by Gasteiger charge is 2.18. The molecular formula is C14H13FO2. The first kappa shape index (κ1) is 11.6. The van der Waals surface area contributed by atoms with Crippen LogP contribution in [0.15, 0.2) is 54.1 Å². The van der Waals surface area contributed by atoms with Gasteiger partial charge in [-0.1, -0.05) is 30.3 Å². The molecule has 1 aliphatic carbocycles. The first-order valence-corrected chi connectivity index (χ1v) is 5.54. The van der Waals surface area contributed by atoms with Gasteiger partial charge in [-0.05, 0) is 30.6 Å². The fourth-order valence-electron chi connectivity index (χ4n) is 1.59. The number of ketones is 1. The van der Waals surface area contributed by atoms with Crippen LogP contribution in [0.2, 0.25) is 0 Å². The minimum Gasteiger partial charge on any atom is -0.485 e. The Hall–Kier alpha value is -1.90. The molecule has 3 heteroatoms. The lowest BCUT2D eigenvalue weighted by atomic mass is 10.2. The summed E-state index contributed by atoms with van der Waals surface area (Å²) in [6.07, 6.45) is 4.12. The number of benzene rings is 1. The quantitative estimate of drug-likeness (QED) is 0.799. The summed E-state index contributed by atoms with van der Waals surface area (Å²) in [6.45, 7) is 0.283. The number of hydrogen-bond acceptors (Lipinski definition) is 2. The van der Waals surface area contributed by atoms with E-state index in [-0.39, 0.29) is 12.4 Å². The van der Waals surface area contributed by atoms with Gasteiger partial charge in [0.2, 0.25) is 0 Å². The van der Waals surface area contributed by atoms with Crippen molar-refractivity contribution in [3.8, 4) is 0 Å². The molecule has 2 rings (SSSR count). The summed E-state index contributed by atoms with van der Waals surface area (Å²) < 4.78 is 18.6. The van der Waals surface area contributed by atoms with Gasteiger partial charge in [-0.15, -0.1) is 0 Å². The summed E-state index contributed by atoms with van der Waals surface area (Å²) in [5.74, 6) is -1.26. The third kappa shape index (κ3) is 3.03. The minimum atomic E-state index is -0.721. The molecule has 0 atom stereocenters. The molecule has 0 aliphatic heterocycles. The summed E-state index contributed by atoms with van der Waals surface area (Å²) in [4.78, 5) is 11.5. The fraction of sp³-hybridized carbons (Fsp3) is 0.214. The predicted molar refractivity (Wildman–Crippen MR) is 62.7 cm³/mol. The Morgan fingerprint density at radius 1 is 1.12 bits per heavy atom. The van der Waals surface area contributed by atoms with E-state index in [2.05, 4.69) is 0 Å². The van der Waals surface area contributed by atoms with Gasteiger partial charge in [0.15, 0.2) is 11.6 Å². The number of hydrogen-bond donors (Lipinski definition) is 0. The molecule has 1 aliphatic rings. The van der Waals surface area contributed by atoms with Gasteiger partial charge in [0.1, 0.15) is 6.61 Å². The van der Waals surface area contributed by atoms with Crippen LogP contribution in [0.3, 0.4) is 0 Å². The highest BCUT2D eigenvalue weighted by Crippen LogP contribution is 2.17. The number of rotatable bonds is 3. The van der Waals surface area contributed by atoms with Gasteiger partial charge in [0.25, 0.3) is 5.78 Å². The van der Waals surface area contributed by atoms with Gasteiger partial charge in [-0.3, -0.25) is 4.79 Å². The van der Waals surface area contributed by atoms with Crippen LogP contribution in [0, 0.1) is 0 Å². The topological polar surface area (TPSA) is 26.3 Å². The Morgan fingerprint density at radius 2 is 1.82 bits per heavy atom. The molecule has 1 aromatic rings. The van der Waals surface area contributed by atoms with E-state index < -0.39 is 11.6 Å². The van der Waals surface area contributed by atoms with Crippen LogP contribution in [-0.2, 0) is 16.1 Å². The minimum absolute atomic E-state index is 0.111. The molecule has 2 nitrogen and oxygen atoms in total. The molecule has 1 aromatic carbocycles. The van der Waals surface area contributed by atoms with E-state index in [0.29, 0.717) is 12.8 Å². The lowest BCUT2D eigenvalue weighted by Crippen LogP contribution is -2.06. The van der Waals surface area contributed by atoms with Gasteiger partial charge in [-0.2, -0.15) is 0 Å². The number of halogens is 1. The molecule has 0 N–H and O–H groups in total. The summed E-state index contributed by atoms with van der Waals surface area (Å²) in [6, 6.07) is 9.48. The molecule has 0 spiro atoms. The standard InChI is InChI=1S/C14H13FO2/c15-12-8-4-5-9-13(14(12)16)17-10-11-6-2-1-3-7-11/h1-3,6-9H,4-5,10H2. The number of Topliss-reactive ketones (excluding diaryl/α,β-unsaturated/α-hetero) is 1. The smallest absolute Gasteiger partial charge is 0.255 e. The van der Waals surface area contributed by atoms with E-state index in [4.69, 9.17) is 4.74 Å². The van der Waals surface area contributed by atoms with Gasteiger partial charge >= 0.3 is 0 Å². The second-order valence-electron chi connectivity index (χ2n) is 3.80. The van der Waals surface area contributed by atoms with Crippen molar-refractivity contribution >= 4 is 5.78 Å². The second-order valence-corrected chi connectivity index (χ2v) is 3.80. The molecule has 0 heterocycles. The van der Waals surface area contributed by atoms with Gasteiger partial charge in [-0.25, -0.2) is 4.39 Å². The summed E-state index contributed by atoms with van der Waals surface area (Å²) in [5, 5.41) is 0. The van der Waals surface area contributed by atoms with Crippen LogP contribution in [0.5, 0.6) is 0 Å². The van der Waals surface area contributed by atoms with Crippen molar-refractivity contribution in [1.29, 1.82) is 0 Å². The maximum atomic E-state index is 13.2. The lowest BCUT2D eigenvalue weighted by Gasteiger charge is -2.07. The molecular weight excluding hydrogens is 219 g/mol. The molecule has 0 aromatic heterocycles. The van der Waals surface area contributed by atoms with Crippen LogP contribution in [-0.4, -0.2) is 5.78 Å². The predicted octanol–water partition coefficient (Wildman–Crippen LogP) is 3.30. The van der Waals surface area contributed by atoms with E-state index in [1.165, 1.54) is 6.08 Å². The molecule has 0 radical (unpaired) electrons. The summed E-state index contributed by atoms with van der Waals surface area (Å²) in [7, 11) is 0. The maximum Gasteiger partial charge on any atom is 0.255 e. The van der Waals surface area contributed by atoms with Crippen LogP contribution in [0.25, 0.3) is 0 Å². The Balaban J connectivity index is 2.02. The van der Waals surface area contributed by atoms with Crippen molar-refractivity contribution in [2.75, 3.05) is 0 Å². The largest absolute Gasteiger partial charge is 0.485 e. The summed E-state index contributed by atoms with van der Waals surface area (Å²) >= 11 is 0. The zero-order valence-corrected chi connectivity index (χ0v) is 9.36. The molecule has 0 bridgehead atoms. The van der Waals surface area contributed by atoms with Crippen molar-refractivity contribution < 1.29 is 13.9 Å². The average molecular weight is 232 g/mol. The van der Waals surface area contributed by atoms with E-state index in [9.17, 15) is 9.18 Å². The SMILES string of the molecule is O=C1C(F)=CCCC=C1OCc1ccccc1. The third-order valence-corrected chi connectivity index (χ3v) is 2.50. The van der Waals surface area contributed by atoms with Crippen LogP contribution >= 0.6 is 0 Å². The van der Waals surface area contributed by atoms with E-state index in [0.717, 1.165) is 5.56 Å². The van der Waals surface area contributed by atoms with Crippen molar-refractivity contribution in [2.45, 2.75) is 19.4 Å². The lowest BCUT2D eigenvalue weighted by molar-refractivity contribution is -0.117. The second kappa shape index (κ2) is 5.43. The first-order chi connectivity index (χ1) is 8.27. The molecule has 0 fully saturated rings. The highest BCUT2D eigenvalue weighted by molar-refractivity contribution is 6.05. The van der Waals surface area contributed by atoms with E-state index >= 15 is 0 Å². The Bertz CT molecular complexity index is 460. The number of carbonyl (C=O) groups is 1. The van der Waals surface area contributed by atoms with Crippen molar-refractivity contribution in [3.63, 3.8) is 0 Å². The molecule has 0 saturated carbocycles. The van der Waals surface area contributed by atoms with Gasteiger partial charge < -0.3 is 4.74 Å². The molecule has 0 amide bonds. The van der Waals surface area contributed by atoms with Gasteiger partial charge in [0, 0.05) is 0 Å². The van der Waals surface area contributed by atoms with Gasteiger partial charge in [0.05, 0.1) is 0 Å². The molecule has 88 valence electrons. The molecule has 0 saturated heterocycles. The van der Waals surface area contributed by atoms with Crippen molar-refractivity contribution in [3.05, 3.63) is 59.6 Å². The normalized spacial score (nSPS) is 15.9. The van der Waals surface area contributed by atoms with Crippen molar-refractivity contribution in [1.82, 2.24) is 0 Å². The van der Waals surface area contributed by atoms with Crippen LogP contribution in [0.4, 0.5) is 4.39 Å². The Morgan fingerprint density at radius 3 is 2.59 bits per heavy atom. The fourth-order valence-corrected chi connectivity index (χ4v) is 1.59. The van der Waals surface area contributed by atoms with Crippen LogP contribution in [0.1, 0.15) is 18.4 Å². The van der Waals surface area contributed by atoms with Crippen molar-refractivity contribution in [2.24, 2.45) is 0 Å². The zero-order valence-electron chi connectivity index (χ0n) is 9.36. The summed E-state index contributed by atoms with van der Waals surface area (Å²) in [5.41, 5.74) is 0.954. The number of allylic oxidation sites excluding steroid dienone is 3. The van der Waals surface area contributed by atoms with E-state index in [1.807, 2.05) is 30.3 Å². The highest BCUT2D eigenvalue weighted by atomic mass is 19.1. The Kier molecular flexibility index (Phi) is 3.70. The van der Waals surface area contributed by atoms with Crippen LogP contribution < -0.4 is 0 Å². The zero-order chi connectivity index (χ0) is 12.1. The number of carbonyl (C=O) groups excluding carboxylic acids is 1.